The van der Waals surface area contributed by atoms with Crippen molar-refractivity contribution in [3.8, 4) is 5.75 Å². The Morgan fingerprint density at radius 1 is 1.39 bits per heavy atom. The lowest BCUT2D eigenvalue weighted by molar-refractivity contribution is -0.0955. The predicted molar refractivity (Wildman–Crippen MR) is 68.4 cm³/mol. The highest BCUT2D eigenvalue weighted by molar-refractivity contribution is 5.29. The zero-order valence-electron chi connectivity index (χ0n) is 11.4. The predicted octanol–water partition coefficient (Wildman–Crippen LogP) is 2.55. The highest BCUT2D eigenvalue weighted by Gasteiger charge is 2.28. The molecule has 1 atom stereocenters. The van der Waals surface area contributed by atoms with Crippen LogP contribution in [0.4, 0.5) is 4.39 Å². The van der Waals surface area contributed by atoms with E-state index in [4.69, 9.17) is 9.47 Å². The van der Waals surface area contributed by atoms with Crippen molar-refractivity contribution in [1.29, 1.82) is 0 Å². The molecule has 0 saturated carbocycles. The SMILES string of the molecule is CCOC(C)(C)C(O)Cc1ccc(OC)c(F)c1. The minimum atomic E-state index is -0.690. The van der Waals surface area contributed by atoms with Gasteiger partial charge in [0.2, 0.25) is 0 Å². The number of rotatable bonds is 6. The first-order chi connectivity index (χ1) is 8.40. The molecule has 0 spiro atoms. The number of benzene rings is 1. The third-order valence-electron chi connectivity index (χ3n) is 2.96. The Bertz CT molecular complexity index is 391. The maximum atomic E-state index is 13.5. The third-order valence-corrected chi connectivity index (χ3v) is 2.96. The summed E-state index contributed by atoms with van der Waals surface area (Å²) >= 11 is 0. The van der Waals surface area contributed by atoms with E-state index in [0.29, 0.717) is 18.6 Å². The molecule has 0 saturated heterocycles. The van der Waals surface area contributed by atoms with Crippen LogP contribution in [-0.2, 0) is 11.2 Å². The second kappa shape index (κ2) is 6.16. The van der Waals surface area contributed by atoms with Crippen molar-refractivity contribution in [3.63, 3.8) is 0 Å². The number of ether oxygens (including phenoxy) is 2. The third kappa shape index (κ3) is 3.68. The zero-order valence-corrected chi connectivity index (χ0v) is 11.4. The van der Waals surface area contributed by atoms with Gasteiger partial charge in [0, 0.05) is 13.0 Å². The summed E-state index contributed by atoms with van der Waals surface area (Å²) in [5.41, 5.74) is 0.0686. The first kappa shape index (κ1) is 14.9. The van der Waals surface area contributed by atoms with Crippen LogP contribution in [-0.4, -0.2) is 30.5 Å². The van der Waals surface area contributed by atoms with E-state index in [1.807, 2.05) is 20.8 Å². The summed E-state index contributed by atoms with van der Waals surface area (Å²) in [6.07, 6.45) is -0.348. The first-order valence-corrected chi connectivity index (χ1v) is 6.05. The van der Waals surface area contributed by atoms with Crippen LogP contribution in [0.15, 0.2) is 18.2 Å². The van der Waals surface area contributed by atoms with E-state index >= 15 is 0 Å². The van der Waals surface area contributed by atoms with Crippen LogP contribution < -0.4 is 4.74 Å². The molecule has 0 aliphatic rings. The number of aliphatic hydroxyl groups excluding tert-OH is 1. The average molecular weight is 256 g/mol. The molecule has 18 heavy (non-hydrogen) atoms. The van der Waals surface area contributed by atoms with Crippen molar-refractivity contribution < 1.29 is 19.0 Å². The van der Waals surface area contributed by atoms with Gasteiger partial charge in [-0.2, -0.15) is 0 Å². The minimum absolute atomic E-state index is 0.206. The van der Waals surface area contributed by atoms with Gasteiger partial charge in [-0.25, -0.2) is 4.39 Å². The molecule has 1 aromatic carbocycles. The van der Waals surface area contributed by atoms with Gasteiger partial charge in [-0.3, -0.25) is 0 Å². The van der Waals surface area contributed by atoms with Crippen LogP contribution in [0.2, 0.25) is 0 Å². The number of methoxy groups -OCH3 is 1. The lowest BCUT2D eigenvalue weighted by Gasteiger charge is -2.30. The molecule has 102 valence electrons. The topological polar surface area (TPSA) is 38.7 Å². The van der Waals surface area contributed by atoms with Crippen LogP contribution >= 0.6 is 0 Å². The van der Waals surface area contributed by atoms with E-state index in [9.17, 15) is 9.50 Å². The van der Waals surface area contributed by atoms with Crippen molar-refractivity contribution in [2.75, 3.05) is 13.7 Å². The Morgan fingerprint density at radius 2 is 2.06 bits per heavy atom. The fraction of sp³-hybridized carbons (Fsp3) is 0.571. The van der Waals surface area contributed by atoms with Gasteiger partial charge < -0.3 is 14.6 Å². The summed E-state index contributed by atoms with van der Waals surface area (Å²) in [6.45, 7) is 6.05. The van der Waals surface area contributed by atoms with Crippen molar-refractivity contribution >= 4 is 0 Å². The summed E-state index contributed by atoms with van der Waals surface area (Å²) in [5, 5.41) is 10.1. The second-order valence-corrected chi connectivity index (χ2v) is 4.73. The smallest absolute Gasteiger partial charge is 0.165 e. The fourth-order valence-electron chi connectivity index (χ4n) is 1.77. The Morgan fingerprint density at radius 3 is 2.56 bits per heavy atom. The monoisotopic (exact) mass is 256 g/mol. The van der Waals surface area contributed by atoms with Gasteiger partial charge in [0.25, 0.3) is 0 Å². The second-order valence-electron chi connectivity index (χ2n) is 4.73. The molecule has 1 N–H and O–H groups in total. The van der Waals surface area contributed by atoms with Crippen molar-refractivity contribution in [1.82, 2.24) is 0 Å². The Labute approximate surface area is 108 Å². The van der Waals surface area contributed by atoms with Crippen molar-refractivity contribution in [2.45, 2.75) is 38.9 Å². The van der Waals surface area contributed by atoms with Gasteiger partial charge in [0.05, 0.1) is 18.8 Å². The van der Waals surface area contributed by atoms with E-state index in [-0.39, 0.29) is 5.75 Å². The highest BCUT2D eigenvalue weighted by atomic mass is 19.1. The molecular weight excluding hydrogens is 235 g/mol. The van der Waals surface area contributed by atoms with E-state index in [0.717, 1.165) is 0 Å². The molecule has 4 heteroatoms. The lowest BCUT2D eigenvalue weighted by Crippen LogP contribution is -2.40. The minimum Gasteiger partial charge on any atom is -0.494 e. The summed E-state index contributed by atoms with van der Waals surface area (Å²) < 4.78 is 23.8. The molecule has 0 radical (unpaired) electrons. The summed E-state index contributed by atoms with van der Waals surface area (Å²) in [4.78, 5) is 0. The van der Waals surface area contributed by atoms with Crippen LogP contribution in [0.5, 0.6) is 5.75 Å². The van der Waals surface area contributed by atoms with Gasteiger partial charge in [0.15, 0.2) is 11.6 Å². The molecule has 0 bridgehead atoms. The van der Waals surface area contributed by atoms with Crippen LogP contribution in [0.3, 0.4) is 0 Å². The maximum absolute atomic E-state index is 13.5. The summed E-state index contributed by atoms with van der Waals surface area (Å²) in [5.74, 6) is -0.214. The van der Waals surface area contributed by atoms with Crippen molar-refractivity contribution in [2.24, 2.45) is 0 Å². The number of hydrogen-bond acceptors (Lipinski definition) is 3. The van der Waals surface area contributed by atoms with Crippen molar-refractivity contribution in [3.05, 3.63) is 29.6 Å². The largest absolute Gasteiger partial charge is 0.494 e. The Kier molecular flexibility index (Phi) is 5.11. The molecule has 1 unspecified atom stereocenters. The molecule has 0 aromatic heterocycles. The molecule has 0 aliphatic carbocycles. The summed E-state index contributed by atoms with van der Waals surface area (Å²) in [7, 11) is 1.42. The average Bonchev–Trinajstić information content (AvgIpc) is 2.29. The fourth-order valence-corrected chi connectivity index (χ4v) is 1.77. The first-order valence-electron chi connectivity index (χ1n) is 6.05. The quantitative estimate of drug-likeness (QED) is 0.850. The Balaban J connectivity index is 2.76. The van der Waals surface area contributed by atoms with Gasteiger partial charge >= 0.3 is 0 Å². The van der Waals surface area contributed by atoms with Gasteiger partial charge in [0.1, 0.15) is 0 Å². The Hall–Kier alpha value is -1.13. The van der Waals surface area contributed by atoms with Gasteiger partial charge in [-0.05, 0) is 38.5 Å². The number of halogens is 1. The zero-order chi connectivity index (χ0) is 13.8. The lowest BCUT2D eigenvalue weighted by atomic mass is 9.95. The molecule has 0 heterocycles. The molecular formula is C14H21FO3. The van der Waals surface area contributed by atoms with Gasteiger partial charge in [-0.1, -0.05) is 6.07 Å². The molecule has 1 rings (SSSR count). The molecule has 1 aromatic rings. The van der Waals surface area contributed by atoms with E-state index in [2.05, 4.69) is 0 Å². The van der Waals surface area contributed by atoms with Gasteiger partial charge in [-0.15, -0.1) is 0 Å². The van der Waals surface area contributed by atoms with E-state index < -0.39 is 17.5 Å². The highest BCUT2D eigenvalue weighted by Crippen LogP contribution is 2.22. The standard InChI is InChI=1S/C14H21FO3/c1-5-18-14(2,3)13(16)9-10-6-7-12(17-4)11(15)8-10/h6-8,13,16H,5,9H2,1-4H3. The number of hydrogen-bond donors (Lipinski definition) is 1. The summed E-state index contributed by atoms with van der Waals surface area (Å²) in [6, 6.07) is 4.68. The maximum Gasteiger partial charge on any atom is 0.165 e. The molecule has 3 nitrogen and oxygen atoms in total. The normalized spacial score (nSPS) is 13.4. The van der Waals surface area contributed by atoms with Crippen LogP contribution in [0.1, 0.15) is 26.3 Å². The van der Waals surface area contributed by atoms with Crippen LogP contribution in [0, 0.1) is 5.82 Å². The number of aliphatic hydroxyl groups is 1. The van der Waals surface area contributed by atoms with E-state index in [1.54, 1.807) is 12.1 Å². The van der Waals surface area contributed by atoms with Crippen LogP contribution in [0.25, 0.3) is 0 Å². The molecule has 0 amide bonds. The molecule has 0 fully saturated rings. The molecule has 0 aliphatic heterocycles. The van der Waals surface area contributed by atoms with E-state index in [1.165, 1.54) is 13.2 Å².